The number of sulfonamides is 1. The van der Waals surface area contributed by atoms with Crippen molar-refractivity contribution in [2.45, 2.75) is 23.8 Å². The van der Waals surface area contributed by atoms with E-state index in [-0.39, 0.29) is 23.6 Å². The number of ether oxygens (including phenoxy) is 2. The van der Waals surface area contributed by atoms with Crippen LogP contribution in [0.15, 0.2) is 47.4 Å². The summed E-state index contributed by atoms with van der Waals surface area (Å²) in [7, 11) is -0.571. The van der Waals surface area contributed by atoms with Crippen LogP contribution < -0.4 is 14.8 Å². The molecule has 8 nitrogen and oxygen atoms in total. The first kappa shape index (κ1) is 21.6. The van der Waals surface area contributed by atoms with Gasteiger partial charge in [-0.25, -0.2) is 12.7 Å². The first-order valence-electron chi connectivity index (χ1n) is 10.3. The molecule has 2 aromatic carbocycles. The summed E-state index contributed by atoms with van der Waals surface area (Å²) in [5, 5.41) is 3.01. The van der Waals surface area contributed by atoms with Crippen LogP contribution in [-0.4, -0.2) is 64.1 Å². The van der Waals surface area contributed by atoms with Crippen LogP contribution in [0.2, 0.25) is 0 Å². The van der Waals surface area contributed by atoms with E-state index in [2.05, 4.69) is 10.2 Å². The van der Waals surface area contributed by atoms with Gasteiger partial charge in [0.05, 0.1) is 10.9 Å². The Balaban J connectivity index is 1.47. The molecule has 1 N–H and O–H groups in total. The Morgan fingerprint density at radius 2 is 1.74 bits per heavy atom. The van der Waals surface area contributed by atoms with E-state index in [1.54, 1.807) is 0 Å². The summed E-state index contributed by atoms with van der Waals surface area (Å²) >= 11 is 0. The van der Waals surface area contributed by atoms with E-state index in [1.807, 2.05) is 18.2 Å². The number of benzene rings is 2. The number of rotatable bonds is 7. The summed E-state index contributed by atoms with van der Waals surface area (Å²) in [4.78, 5) is 15.3. The van der Waals surface area contributed by atoms with Crippen molar-refractivity contribution in [1.29, 1.82) is 0 Å². The van der Waals surface area contributed by atoms with Gasteiger partial charge in [-0.05, 0) is 67.9 Å². The van der Waals surface area contributed by atoms with Crippen LogP contribution in [0.5, 0.6) is 11.5 Å². The highest BCUT2D eigenvalue weighted by atomic mass is 32.2. The van der Waals surface area contributed by atoms with Gasteiger partial charge in [0.15, 0.2) is 11.5 Å². The lowest BCUT2D eigenvalue weighted by Gasteiger charge is -2.28. The number of hydrogen-bond donors (Lipinski definition) is 1. The van der Waals surface area contributed by atoms with E-state index in [0.717, 1.165) is 47.3 Å². The molecule has 9 heteroatoms. The van der Waals surface area contributed by atoms with Gasteiger partial charge >= 0.3 is 0 Å². The normalized spacial score (nSPS) is 17.1. The molecule has 0 aliphatic carbocycles. The Morgan fingerprint density at radius 3 is 2.42 bits per heavy atom. The standard InChI is InChI=1S/C22H27N3O5S/c1-24(2)31(27,28)18-8-5-16(6-9-18)22(26)23-14-19(25-11-3-4-12-25)17-7-10-20-21(13-17)30-15-29-20/h5-10,13,19H,3-4,11-12,14-15H2,1-2H3,(H,23,26). The van der Waals surface area contributed by atoms with Gasteiger partial charge in [0.2, 0.25) is 16.8 Å². The van der Waals surface area contributed by atoms with E-state index in [4.69, 9.17) is 9.47 Å². The number of nitrogens with one attached hydrogen (secondary N) is 1. The van der Waals surface area contributed by atoms with Crippen LogP contribution in [0.4, 0.5) is 0 Å². The van der Waals surface area contributed by atoms with Crippen molar-refractivity contribution in [2.75, 3.05) is 40.5 Å². The van der Waals surface area contributed by atoms with E-state index >= 15 is 0 Å². The Bertz CT molecular complexity index is 1050. The minimum Gasteiger partial charge on any atom is -0.454 e. The Hall–Kier alpha value is -2.62. The first-order chi connectivity index (χ1) is 14.9. The maximum atomic E-state index is 12.7. The lowest BCUT2D eigenvalue weighted by Crippen LogP contribution is -2.36. The third-order valence-corrected chi connectivity index (χ3v) is 7.54. The molecular formula is C22H27N3O5S. The number of carbonyl (C=O) groups is 1. The van der Waals surface area contributed by atoms with Crippen LogP contribution in [0.25, 0.3) is 0 Å². The Labute approximate surface area is 182 Å². The Kier molecular flexibility index (Phi) is 6.17. The molecule has 2 heterocycles. The van der Waals surface area contributed by atoms with Gasteiger partial charge in [0.1, 0.15) is 0 Å². The molecule has 1 atom stereocenters. The third-order valence-electron chi connectivity index (χ3n) is 5.71. The quantitative estimate of drug-likeness (QED) is 0.703. The Morgan fingerprint density at radius 1 is 1.06 bits per heavy atom. The molecule has 1 fully saturated rings. The average Bonchev–Trinajstić information content (AvgIpc) is 3.45. The topological polar surface area (TPSA) is 88.2 Å². The molecule has 0 spiro atoms. The van der Waals surface area contributed by atoms with Crippen LogP contribution in [0.3, 0.4) is 0 Å². The van der Waals surface area contributed by atoms with E-state index < -0.39 is 10.0 Å². The van der Waals surface area contributed by atoms with Gasteiger partial charge in [-0.3, -0.25) is 9.69 Å². The van der Waals surface area contributed by atoms with Crippen molar-refractivity contribution in [2.24, 2.45) is 0 Å². The van der Waals surface area contributed by atoms with Gasteiger partial charge in [-0.15, -0.1) is 0 Å². The molecule has 2 aliphatic rings. The average molecular weight is 446 g/mol. The molecule has 1 saturated heterocycles. The summed E-state index contributed by atoms with van der Waals surface area (Å²) in [6.45, 7) is 2.62. The van der Waals surface area contributed by atoms with E-state index in [1.165, 1.54) is 38.4 Å². The molecule has 0 bridgehead atoms. The summed E-state index contributed by atoms with van der Waals surface area (Å²) in [6, 6.07) is 11.9. The predicted octanol–water partition coefficient (Wildman–Crippen LogP) is 2.23. The zero-order valence-corrected chi connectivity index (χ0v) is 18.5. The smallest absolute Gasteiger partial charge is 0.251 e. The second-order valence-electron chi connectivity index (χ2n) is 7.89. The van der Waals surface area contributed by atoms with Gasteiger partial charge in [-0.2, -0.15) is 0 Å². The number of carbonyl (C=O) groups excluding carboxylic acids is 1. The van der Waals surface area contributed by atoms with Crippen molar-refractivity contribution < 1.29 is 22.7 Å². The molecule has 31 heavy (non-hydrogen) atoms. The van der Waals surface area contributed by atoms with Gasteiger partial charge in [0.25, 0.3) is 5.91 Å². The fraction of sp³-hybridized carbons (Fsp3) is 0.409. The van der Waals surface area contributed by atoms with E-state index in [9.17, 15) is 13.2 Å². The van der Waals surface area contributed by atoms with Crippen LogP contribution in [0, 0.1) is 0 Å². The monoisotopic (exact) mass is 445 g/mol. The minimum atomic E-state index is -3.52. The number of hydrogen-bond acceptors (Lipinski definition) is 6. The van der Waals surface area contributed by atoms with Crippen molar-refractivity contribution in [3.8, 4) is 11.5 Å². The van der Waals surface area contributed by atoms with E-state index in [0.29, 0.717) is 12.1 Å². The zero-order chi connectivity index (χ0) is 22.0. The maximum Gasteiger partial charge on any atom is 0.251 e. The summed E-state index contributed by atoms with van der Waals surface area (Å²) in [6.07, 6.45) is 2.27. The van der Waals surface area contributed by atoms with Crippen LogP contribution in [0.1, 0.15) is 34.8 Å². The SMILES string of the molecule is CN(C)S(=O)(=O)c1ccc(C(=O)NCC(c2ccc3c(c2)OCO3)N2CCCC2)cc1. The van der Waals surface area contributed by atoms with Crippen molar-refractivity contribution >= 4 is 15.9 Å². The third kappa shape index (κ3) is 4.53. The molecule has 2 aliphatic heterocycles. The lowest BCUT2D eigenvalue weighted by molar-refractivity contribution is 0.0938. The molecule has 4 rings (SSSR count). The molecule has 1 unspecified atom stereocenters. The molecule has 2 aromatic rings. The van der Waals surface area contributed by atoms with Gasteiger partial charge < -0.3 is 14.8 Å². The highest BCUT2D eigenvalue weighted by Gasteiger charge is 2.26. The largest absolute Gasteiger partial charge is 0.454 e. The second kappa shape index (κ2) is 8.86. The number of fused-ring (bicyclic) bond motifs is 1. The predicted molar refractivity (Wildman–Crippen MR) is 116 cm³/mol. The summed E-state index contributed by atoms with van der Waals surface area (Å²) < 4.78 is 36.5. The molecule has 1 amide bonds. The minimum absolute atomic E-state index is 0.0225. The lowest BCUT2D eigenvalue weighted by atomic mass is 10.0. The summed E-state index contributed by atoms with van der Waals surface area (Å²) in [5.74, 6) is 1.23. The van der Waals surface area contributed by atoms with Crippen molar-refractivity contribution in [1.82, 2.24) is 14.5 Å². The summed E-state index contributed by atoms with van der Waals surface area (Å²) in [5.41, 5.74) is 1.49. The van der Waals surface area contributed by atoms with Gasteiger partial charge in [0, 0.05) is 26.2 Å². The molecular weight excluding hydrogens is 418 g/mol. The van der Waals surface area contributed by atoms with Crippen molar-refractivity contribution in [3.05, 3.63) is 53.6 Å². The highest BCUT2D eigenvalue weighted by Crippen LogP contribution is 2.36. The molecule has 0 radical (unpaired) electrons. The molecule has 0 aromatic heterocycles. The van der Waals surface area contributed by atoms with Gasteiger partial charge in [-0.1, -0.05) is 6.07 Å². The van der Waals surface area contributed by atoms with Crippen molar-refractivity contribution in [3.63, 3.8) is 0 Å². The number of likely N-dealkylation sites (tertiary alicyclic amines) is 1. The van der Waals surface area contributed by atoms with Crippen LogP contribution in [-0.2, 0) is 10.0 Å². The highest BCUT2D eigenvalue weighted by molar-refractivity contribution is 7.89. The zero-order valence-electron chi connectivity index (χ0n) is 17.7. The maximum absolute atomic E-state index is 12.7. The molecule has 0 saturated carbocycles. The second-order valence-corrected chi connectivity index (χ2v) is 10.0. The fourth-order valence-electron chi connectivity index (χ4n) is 3.91. The number of amides is 1. The fourth-order valence-corrected chi connectivity index (χ4v) is 4.81. The number of nitrogens with zero attached hydrogens (tertiary/aromatic N) is 2. The first-order valence-corrected chi connectivity index (χ1v) is 11.7. The molecule has 166 valence electrons. The van der Waals surface area contributed by atoms with Crippen LogP contribution >= 0.6 is 0 Å².